The Balaban J connectivity index is 2.96. The minimum atomic E-state index is 0.469. The summed E-state index contributed by atoms with van der Waals surface area (Å²) < 4.78 is 0. The summed E-state index contributed by atoms with van der Waals surface area (Å²) in [5.41, 5.74) is 0. The molecule has 0 nitrogen and oxygen atoms in total. The first kappa shape index (κ1) is 8.61. The van der Waals surface area contributed by atoms with Crippen LogP contribution in [0.2, 0.25) is 0 Å². The van der Waals surface area contributed by atoms with Gasteiger partial charge in [0.25, 0.3) is 0 Å². The summed E-state index contributed by atoms with van der Waals surface area (Å²) in [6.45, 7) is 7.90. The molecule has 9 heavy (non-hydrogen) atoms. The SMILES string of the molecule is C=[C-]C(C)[CH+]CCCC. The van der Waals surface area contributed by atoms with E-state index in [-0.39, 0.29) is 0 Å². The van der Waals surface area contributed by atoms with Crippen molar-refractivity contribution in [2.75, 3.05) is 0 Å². The third-order valence-electron chi connectivity index (χ3n) is 1.40. The van der Waals surface area contributed by atoms with Crippen molar-refractivity contribution in [2.45, 2.75) is 33.1 Å². The van der Waals surface area contributed by atoms with Gasteiger partial charge in [-0.2, -0.15) is 0 Å². The molecule has 1 atom stereocenters. The highest BCUT2D eigenvalue weighted by Gasteiger charge is 1.95. The van der Waals surface area contributed by atoms with Crippen LogP contribution in [-0.4, -0.2) is 0 Å². The molecule has 0 radical (unpaired) electrons. The molecule has 0 aromatic carbocycles. The van der Waals surface area contributed by atoms with Crippen molar-refractivity contribution < 1.29 is 0 Å². The van der Waals surface area contributed by atoms with E-state index in [0.717, 1.165) is 0 Å². The molecule has 0 rings (SSSR count). The van der Waals surface area contributed by atoms with Gasteiger partial charge in [0.15, 0.2) is 0 Å². The van der Waals surface area contributed by atoms with Gasteiger partial charge in [-0.05, 0) is 19.3 Å². The van der Waals surface area contributed by atoms with Crippen LogP contribution in [0.3, 0.4) is 0 Å². The maximum atomic E-state index is 3.58. The van der Waals surface area contributed by atoms with Crippen LogP contribution in [0.25, 0.3) is 0 Å². The minimum absolute atomic E-state index is 0.469. The molecular weight excluding hydrogens is 108 g/mol. The van der Waals surface area contributed by atoms with Gasteiger partial charge < -0.3 is 6.08 Å². The molecule has 0 spiro atoms. The van der Waals surface area contributed by atoms with Crippen molar-refractivity contribution in [1.82, 2.24) is 0 Å². The summed E-state index contributed by atoms with van der Waals surface area (Å²) in [4.78, 5) is 0. The second kappa shape index (κ2) is 5.74. The van der Waals surface area contributed by atoms with E-state index >= 15 is 0 Å². The average Bonchev–Trinajstić information content (AvgIpc) is 1.89. The molecule has 0 saturated heterocycles. The van der Waals surface area contributed by atoms with Gasteiger partial charge in [0.1, 0.15) is 0 Å². The first-order valence-electron chi connectivity index (χ1n) is 3.67. The minimum Gasteiger partial charge on any atom is -0.454 e. The van der Waals surface area contributed by atoms with E-state index in [4.69, 9.17) is 0 Å². The van der Waals surface area contributed by atoms with Crippen LogP contribution < -0.4 is 0 Å². The van der Waals surface area contributed by atoms with Crippen LogP contribution in [0.4, 0.5) is 0 Å². The van der Waals surface area contributed by atoms with E-state index in [1.165, 1.54) is 19.3 Å². The number of hydrogen-bond acceptors (Lipinski definition) is 0. The number of hydrogen-bond donors (Lipinski definition) is 0. The van der Waals surface area contributed by atoms with Crippen LogP contribution in [0.15, 0.2) is 6.58 Å². The molecule has 0 aliphatic rings. The Bertz CT molecular complexity index is 64.4. The third-order valence-corrected chi connectivity index (χ3v) is 1.40. The van der Waals surface area contributed by atoms with Crippen LogP contribution in [0, 0.1) is 18.4 Å². The van der Waals surface area contributed by atoms with Gasteiger partial charge in [-0.1, -0.05) is 13.3 Å². The first-order valence-corrected chi connectivity index (χ1v) is 3.67. The molecule has 0 N–H and O–H groups in total. The standard InChI is InChI=1S/C9H16/c1-4-6-7-8-9(3)5-2/h8-9H,2,4,6-7H2,1,3H3. The Morgan fingerprint density at radius 1 is 1.67 bits per heavy atom. The molecule has 0 saturated carbocycles. The van der Waals surface area contributed by atoms with Gasteiger partial charge in [0.05, 0.1) is 6.42 Å². The second-order valence-electron chi connectivity index (χ2n) is 2.37. The highest BCUT2D eigenvalue weighted by atomic mass is 14.0. The lowest BCUT2D eigenvalue weighted by atomic mass is 10.0. The predicted molar refractivity (Wildman–Crippen MR) is 41.9 cm³/mol. The van der Waals surface area contributed by atoms with E-state index in [9.17, 15) is 0 Å². The zero-order valence-corrected chi connectivity index (χ0v) is 6.48. The topological polar surface area (TPSA) is 0 Å². The summed E-state index contributed by atoms with van der Waals surface area (Å²) in [5, 5.41) is 0. The fraction of sp³-hybridized carbons (Fsp3) is 0.667. The summed E-state index contributed by atoms with van der Waals surface area (Å²) in [6, 6.07) is 0. The summed E-state index contributed by atoms with van der Waals surface area (Å²) >= 11 is 0. The number of allylic oxidation sites excluding steroid dienone is 1. The molecule has 0 aromatic heterocycles. The van der Waals surface area contributed by atoms with Gasteiger partial charge >= 0.3 is 0 Å². The lowest BCUT2D eigenvalue weighted by molar-refractivity contribution is 0.698. The van der Waals surface area contributed by atoms with Gasteiger partial charge in [-0.3, -0.25) is 6.58 Å². The molecule has 0 bridgehead atoms. The molecule has 0 heteroatoms. The fourth-order valence-corrected chi connectivity index (χ4v) is 0.655. The van der Waals surface area contributed by atoms with Crippen LogP contribution in [0.5, 0.6) is 0 Å². The Hall–Kier alpha value is -0.390. The maximum absolute atomic E-state index is 3.58. The molecule has 1 unspecified atom stereocenters. The highest BCUT2D eigenvalue weighted by molar-refractivity contribution is 4.79. The number of unbranched alkanes of at least 4 members (excludes halogenated alkanes) is 2. The monoisotopic (exact) mass is 124 g/mol. The first-order chi connectivity index (χ1) is 4.31. The molecule has 0 aliphatic heterocycles. The molecule has 0 fully saturated rings. The molecular formula is C9H16. The van der Waals surface area contributed by atoms with E-state index < -0.39 is 0 Å². The largest absolute Gasteiger partial charge is 0.454 e. The Morgan fingerprint density at radius 2 is 2.33 bits per heavy atom. The van der Waals surface area contributed by atoms with Crippen LogP contribution in [0.1, 0.15) is 33.1 Å². The Labute approximate surface area is 59.0 Å². The van der Waals surface area contributed by atoms with Gasteiger partial charge in [0, 0.05) is 6.42 Å². The Kier molecular flexibility index (Phi) is 5.49. The van der Waals surface area contributed by atoms with Crippen molar-refractivity contribution in [2.24, 2.45) is 5.92 Å². The fourth-order valence-electron chi connectivity index (χ4n) is 0.655. The lowest BCUT2D eigenvalue weighted by Crippen LogP contribution is -1.89. The molecule has 0 amide bonds. The third kappa shape index (κ3) is 5.48. The van der Waals surface area contributed by atoms with Gasteiger partial charge in [-0.25, -0.2) is 0 Å². The highest BCUT2D eigenvalue weighted by Crippen LogP contribution is 2.06. The lowest BCUT2D eigenvalue weighted by Gasteiger charge is -2.04. The molecule has 0 heterocycles. The zero-order valence-electron chi connectivity index (χ0n) is 6.48. The van der Waals surface area contributed by atoms with Crippen molar-refractivity contribution in [3.63, 3.8) is 0 Å². The summed E-state index contributed by atoms with van der Waals surface area (Å²) in [5.74, 6) is 0.469. The average molecular weight is 124 g/mol. The molecule has 0 aromatic rings. The second-order valence-corrected chi connectivity index (χ2v) is 2.37. The molecule has 52 valence electrons. The number of rotatable bonds is 5. The quantitative estimate of drug-likeness (QED) is 0.390. The summed E-state index contributed by atoms with van der Waals surface area (Å²) in [7, 11) is 0. The van der Waals surface area contributed by atoms with Crippen molar-refractivity contribution in [1.29, 1.82) is 0 Å². The predicted octanol–water partition coefficient (Wildman–Crippen LogP) is 3.01. The van der Waals surface area contributed by atoms with Crippen molar-refractivity contribution in [3.05, 3.63) is 19.1 Å². The van der Waals surface area contributed by atoms with E-state index in [2.05, 4.69) is 32.9 Å². The van der Waals surface area contributed by atoms with Crippen molar-refractivity contribution >= 4 is 0 Å². The van der Waals surface area contributed by atoms with Gasteiger partial charge in [-0.15, -0.1) is 0 Å². The van der Waals surface area contributed by atoms with Crippen molar-refractivity contribution in [3.8, 4) is 0 Å². The summed E-state index contributed by atoms with van der Waals surface area (Å²) in [6.07, 6.45) is 8.96. The smallest absolute Gasteiger partial charge is 0.0850 e. The van der Waals surface area contributed by atoms with Crippen LogP contribution >= 0.6 is 0 Å². The van der Waals surface area contributed by atoms with E-state index in [0.29, 0.717) is 5.92 Å². The normalized spacial score (nSPS) is 12.7. The Morgan fingerprint density at radius 3 is 2.78 bits per heavy atom. The van der Waals surface area contributed by atoms with Crippen LogP contribution in [-0.2, 0) is 0 Å². The zero-order chi connectivity index (χ0) is 7.11. The molecule has 0 aliphatic carbocycles. The van der Waals surface area contributed by atoms with E-state index in [1.807, 2.05) is 0 Å². The maximum Gasteiger partial charge on any atom is 0.0850 e. The van der Waals surface area contributed by atoms with Gasteiger partial charge in [0.2, 0.25) is 0 Å². The van der Waals surface area contributed by atoms with E-state index in [1.54, 1.807) is 0 Å².